The number of esters is 1. The largest absolute Gasteiger partial charge is 0.458 e. The third-order valence-electron chi connectivity index (χ3n) is 10.1. The zero-order valence-electron chi connectivity index (χ0n) is 17.3. The van der Waals surface area contributed by atoms with Crippen LogP contribution in [0.1, 0.15) is 64.7 Å². The Morgan fingerprint density at radius 1 is 1.07 bits per heavy atom. The SMILES string of the molecule is C[C@]12CC[C@H]3C(CC[C@]4(O)C[C@@H](O)CC[C@]34CO)[C@@]1(O)CC[C@@H]2C1=CC(=O)OC1. The maximum Gasteiger partial charge on any atom is 0.331 e. The molecule has 5 rings (SSSR count). The summed E-state index contributed by atoms with van der Waals surface area (Å²) in [6, 6.07) is 0. The van der Waals surface area contributed by atoms with Crippen molar-refractivity contribution in [1.29, 1.82) is 0 Å². The third kappa shape index (κ3) is 2.40. The highest BCUT2D eigenvalue weighted by molar-refractivity contribution is 5.85. The normalized spacial score (nSPS) is 54.2. The molecule has 8 atom stereocenters. The van der Waals surface area contributed by atoms with Gasteiger partial charge in [-0.1, -0.05) is 6.92 Å². The van der Waals surface area contributed by atoms with Gasteiger partial charge in [0.1, 0.15) is 6.61 Å². The Kier molecular flexibility index (Phi) is 4.33. The summed E-state index contributed by atoms with van der Waals surface area (Å²) in [6.07, 6.45) is 7.02. The number of carbonyl (C=O) groups is 1. The number of hydrogen-bond acceptors (Lipinski definition) is 6. The van der Waals surface area contributed by atoms with Crippen molar-refractivity contribution in [3.63, 3.8) is 0 Å². The molecular weight excluding hydrogens is 372 g/mol. The topological polar surface area (TPSA) is 107 Å². The Morgan fingerprint density at radius 3 is 2.52 bits per heavy atom. The number of aliphatic hydroxyl groups excluding tert-OH is 2. The second-order valence-electron chi connectivity index (χ2n) is 10.8. The Bertz CT molecular complexity index is 750. The molecule has 1 aliphatic heterocycles. The molecule has 5 aliphatic rings. The highest BCUT2D eigenvalue weighted by Crippen LogP contribution is 2.70. The average Bonchev–Trinajstić information content (AvgIpc) is 3.21. The Morgan fingerprint density at radius 2 is 1.83 bits per heavy atom. The van der Waals surface area contributed by atoms with Crippen LogP contribution in [-0.4, -0.2) is 56.9 Å². The van der Waals surface area contributed by atoms with E-state index in [0.717, 1.165) is 24.8 Å². The van der Waals surface area contributed by atoms with E-state index < -0.39 is 22.7 Å². The molecule has 1 heterocycles. The summed E-state index contributed by atoms with van der Waals surface area (Å²) < 4.78 is 5.17. The Balaban J connectivity index is 1.51. The van der Waals surface area contributed by atoms with Crippen molar-refractivity contribution in [2.24, 2.45) is 28.6 Å². The number of ether oxygens (including phenoxy) is 1. The first-order valence-electron chi connectivity index (χ1n) is 11.3. The molecule has 0 aromatic heterocycles. The minimum absolute atomic E-state index is 0.0209. The number of aliphatic hydroxyl groups is 4. The van der Waals surface area contributed by atoms with E-state index >= 15 is 0 Å². The van der Waals surface area contributed by atoms with E-state index in [0.29, 0.717) is 45.1 Å². The number of cyclic esters (lactones) is 1. The summed E-state index contributed by atoms with van der Waals surface area (Å²) in [6.45, 7) is 2.41. The van der Waals surface area contributed by atoms with Gasteiger partial charge in [0, 0.05) is 23.3 Å². The lowest BCUT2D eigenvalue weighted by Gasteiger charge is -2.66. The van der Waals surface area contributed by atoms with Crippen molar-refractivity contribution in [2.45, 2.75) is 82.0 Å². The zero-order chi connectivity index (χ0) is 20.7. The number of fused-ring (bicyclic) bond motifs is 5. The fraction of sp³-hybridized carbons (Fsp3) is 0.870. The Labute approximate surface area is 172 Å². The van der Waals surface area contributed by atoms with Crippen molar-refractivity contribution in [1.82, 2.24) is 0 Å². The van der Waals surface area contributed by atoms with E-state index in [1.807, 2.05) is 0 Å². The molecule has 162 valence electrons. The summed E-state index contributed by atoms with van der Waals surface area (Å²) in [4.78, 5) is 11.6. The van der Waals surface area contributed by atoms with E-state index in [1.54, 1.807) is 6.08 Å². The molecule has 4 fully saturated rings. The van der Waals surface area contributed by atoms with Gasteiger partial charge in [0.25, 0.3) is 0 Å². The smallest absolute Gasteiger partial charge is 0.331 e. The lowest BCUT2D eigenvalue weighted by molar-refractivity contribution is -0.269. The van der Waals surface area contributed by atoms with Gasteiger partial charge in [-0.25, -0.2) is 4.79 Å². The van der Waals surface area contributed by atoms with Gasteiger partial charge in [0.05, 0.1) is 23.9 Å². The monoisotopic (exact) mass is 406 g/mol. The molecule has 6 heteroatoms. The van der Waals surface area contributed by atoms with Crippen LogP contribution in [0, 0.1) is 28.6 Å². The summed E-state index contributed by atoms with van der Waals surface area (Å²) in [7, 11) is 0. The van der Waals surface area contributed by atoms with Gasteiger partial charge in [0.15, 0.2) is 0 Å². The van der Waals surface area contributed by atoms with Gasteiger partial charge in [0.2, 0.25) is 0 Å². The van der Waals surface area contributed by atoms with Crippen LogP contribution in [0.2, 0.25) is 0 Å². The van der Waals surface area contributed by atoms with Crippen LogP contribution in [-0.2, 0) is 9.53 Å². The van der Waals surface area contributed by atoms with Crippen LogP contribution in [0.3, 0.4) is 0 Å². The van der Waals surface area contributed by atoms with Gasteiger partial charge in [-0.3, -0.25) is 0 Å². The summed E-state index contributed by atoms with van der Waals surface area (Å²) in [5.74, 6) is -0.0760. The molecule has 6 nitrogen and oxygen atoms in total. The van der Waals surface area contributed by atoms with Gasteiger partial charge in [-0.15, -0.1) is 0 Å². The van der Waals surface area contributed by atoms with Gasteiger partial charge in [-0.2, -0.15) is 0 Å². The van der Waals surface area contributed by atoms with Crippen molar-refractivity contribution in [2.75, 3.05) is 13.2 Å². The highest BCUT2D eigenvalue weighted by atomic mass is 16.5. The van der Waals surface area contributed by atoms with Crippen molar-refractivity contribution < 1.29 is 30.0 Å². The molecule has 0 amide bonds. The van der Waals surface area contributed by atoms with Gasteiger partial charge < -0.3 is 25.2 Å². The first kappa shape index (κ1) is 20.0. The second kappa shape index (κ2) is 6.28. The minimum Gasteiger partial charge on any atom is -0.458 e. The molecule has 0 radical (unpaired) electrons. The van der Waals surface area contributed by atoms with Crippen molar-refractivity contribution >= 4 is 5.97 Å². The zero-order valence-corrected chi connectivity index (χ0v) is 17.3. The molecule has 4 N–H and O–H groups in total. The van der Waals surface area contributed by atoms with Crippen LogP contribution in [0.25, 0.3) is 0 Å². The number of carbonyl (C=O) groups excluding carboxylic acids is 1. The molecule has 29 heavy (non-hydrogen) atoms. The standard InChI is InChI=1S/C23H34O6/c1-20-6-3-17-18(4-8-22(27)11-15(25)2-7-21(17,22)13-24)23(20,28)9-5-16(20)14-10-19(26)29-12-14/h10,15-18,24-25,27-28H,2-9,11-13H2,1H3/t15-,16+,17-,18?,20+,21-,22-,23-/m0/s1. The molecular formula is C23H34O6. The first-order valence-corrected chi connectivity index (χ1v) is 11.3. The van der Waals surface area contributed by atoms with Crippen LogP contribution in [0.4, 0.5) is 0 Å². The van der Waals surface area contributed by atoms with E-state index in [9.17, 15) is 25.2 Å². The van der Waals surface area contributed by atoms with Crippen LogP contribution in [0.15, 0.2) is 11.6 Å². The number of rotatable bonds is 2. The summed E-state index contributed by atoms with van der Waals surface area (Å²) in [5, 5.41) is 44.4. The maximum absolute atomic E-state index is 12.1. The molecule has 0 aromatic carbocycles. The minimum atomic E-state index is -1.06. The average molecular weight is 407 g/mol. The maximum atomic E-state index is 12.1. The van der Waals surface area contributed by atoms with Crippen LogP contribution >= 0.6 is 0 Å². The lowest BCUT2D eigenvalue weighted by Crippen LogP contribution is -2.69. The fourth-order valence-corrected chi connectivity index (χ4v) is 8.52. The van der Waals surface area contributed by atoms with E-state index in [2.05, 4.69) is 6.92 Å². The first-order chi connectivity index (χ1) is 13.7. The third-order valence-corrected chi connectivity index (χ3v) is 10.1. The number of hydrogen-bond donors (Lipinski definition) is 4. The van der Waals surface area contributed by atoms with Gasteiger partial charge in [-0.05, 0) is 74.7 Å². The van der Waals surface area contributed by atoms with Crippen LogP contribution in [0.5, 0.6) is 0 Å². The molecule has 1 unspecified atom stereocenters. The molecule has 0 aromatic rings. The quantitative estimate of drug-likeness (QED) is 0.520. The molecule has 0 spiro atoms. The Hall–Kier alpha value is -0.950. The molecule has 4 saturated carbocycles. The van der Waals surface area contributed by atoms with E-state index in [1.165, 1.54) is 0 Å². The summed E-state index contributed by atoms with van der Waals surface area (Å²) >= 11 is 0. The van der Waals surface area contributed by atoms with Crippen molar-refractivity contribution in [3.05, 3.63) is 11.6 Å². The van der Waals surface area contributed by atoms with Crippen LogP contribution < -0.4 is 0 Å². The predicted octanol–water partition coefficient (Wildman–Crippen LogP) is 1.69. The predicted molar refractivity (Wildman–Crippen MR) is 105 cm³/mol. The van der Waals surface area contributed by atoms with E-state index in [-0.39, 0.29) is 35.7 Å². The van der Waals surface area contributed by atoms with E-state index in [4.69, 9.17) is 4.74 Å². The molecule has 4 aliphatic carbocycles. The van der Waals surface area contributed by atoms with Crippen molar-refractivity contribution in [3.8, 4) is 0 Å². The molecule has 0 saturated heterocycles. The lowest BCUT2D eigenvalue weighted by atomic mass is 9.41. The highest BCUT2D eigenvalue weighted by Gasteiger charge is 2.71. The second-order valence-corrected chi connectivity index (χ2v) is 10.8. The molecule has 0 bridgehead atoms. The summed E-state index contributed by atoms with van der Waals surface area (Å²) in [5.41, 5.74) is -1.88. The van der Waals surface area contributed by atoms with Gasteiger partial charge >= 0.3 is 5.97 Å². The fourth-order valence-electron chi connectivity index (χ4n) is 8.52.